The lowest BCUT2D eigenvalue weighted by atomic mass is 10.3. The van der Waals surface area contributed by atoms with Gasteiger partial charge in [0.2, 0.25) is 0 Å². The van der Waals surface area contributed by atoms with Gasteiger partial charge in [-0.3, -0.25) is 9.59 Å². The highest BCUT2D eigenvalue weighted by Gasteiger charge is 2.16. The van der Waals surface area contributed by atoms with Crippen molar-refractivity contribution >= 4 is 11.9 Å². The van der Waals surface area contributed by atoms with Crippen molar-refractivity contribution in [3.05, 3.63) is 0 Å². The lowest BCUT2D eigenvalue weighted by Gasteiger charge is -2.21. The molecule has 0 atom stereocenters. The molecule has 6 heteroatoms. The normalized spacial score (nSPS) is 17.8. The summed E-state index contributed by atoms with van der Waals surface area (Å²) in [5.74, 6) is -0.321. The molecular weight excluding hydrogens is 248 g/mol. The molecule has 0 spiro atoms. The van der Waals surface area contributed by atoms with Gasteiger partial charge in [-0.15, -0.1) is 0 Å². The Kier molecular flexibility index (Phi) is 7.43. The van der Waals surface area contributed by atoms with Gasteiger partial charge in [0.15, 0.2) is 0 Å². The number of methoxy groups -OCH3 is 2. The van der Waals surface area contributed by atoms with Crippen molar-refractivity contribution < 1.29 is 19.1 Å². The van der Waals surface area contributed by atoms with Crippen molar-refractivity contribution in [1.29, 1.82) is 0 Å². The Labute approximate surface area is 114 Å². The molecule has 1 aliphatic heterocycles. The van der Waals surface area contributed by atoms with Gasteiger partial charge in [-0.05, 0) is 19.5 Å². The van der Waals surface area contributed by atoms with Gasteiger partial charge < -0.3 is 19.3 Å². The van der Waals surface area contributed by atoms with Crippen LogP contribution in [0.3, 0.4) is 0 Å². The van der Waals surface area contributed by atoms with Crippen LogP contribution in [0.5, 0.6) is 0 Å². The highest BCUT2D eigenvalue weighted by atomic mass is 16.5. The zero-order chi connectivity index (χ0) is 14.1. The fraction of sp³-hybridized carbons (Fsp3) is 0.846. The maximum atomic E-state index is 11.1. The number of rotatable bonds is 6. The topological polar surface area (TPSA) is 59.1 Å². The van der Waals surface area contributed by atoms with Gasteiger partial charge in [-0.1, -0.05) is 0 Å². The SMILES string of the molecule is COC(=O)CCN1CCCN(CCC(=O)OC)CC1. The minimum absolute atomic E-state index is 0.160. The summed E-state index contributed by atoms with van der Waals surface area (Å²) in [4.78, 5) is 26.8. The first kappa shape index (κ1) is 15.9. The number of esters is 2. The van der Waals surface area contributed by atoms with Crippen LogP contribution in [0.4, 0.5) is 0 Å². The summed E-state index contributed by atoms with van der Waals surface area (Å²) in [5, 5.41) is 0. The predicted molar refractivity (Wildman–Crippen MR) is 70.8 cm³/mol. The van der Waals surface area contributed by atoms with Crippen LogP contribution in [0.25, 0.3) is 0 Å². The monoisotopic (exact) mass is 272 g/mol. The molecule has 0 radical (unpaired) electrons. The van der Waals surface area contributed by atoms with E-state index in [1.807, 2.05) is 0 Å². The van der Waals surface area contributed by atoms with Crippen LogP contribution in [0, 0.1) is 0 Å². The van der Waals surface area contributed by atoms with E-state index in [0.717, 1.165) is 45.7 Å². The van der Waals surface area contributed by atoms with Crippen molar-refractivity contribution in [2.24, 2.45) is 0 Å². The van der Waals surface area contributed by atoms with Crippen LogP contribution in [0.2, 0.25) is 0 Å². The number of hydrogen-bond acceptors (Lipinski definition) is 6. The lowest BCUT2D eigenvalue weighted by Crippen LogP contribution is -2.33. The first-order chi connectivity index (χ1) is 9.15. The molecule has 1 rings (SSSR count). The van der Waals surface area contributed by atoms with Crippen molar-refractivity contribution in [3.8, 4) is 0 Å². The molecule has 1 saturated heterocycles. The third-order valence-corrected chi connectivity index (χ3v) is 3.40. The summed E-state index contributed by atoms with van der Waals surface area (Å²) in [6.07, 6.45) is 1.94. The summed E-state index contributed by atoms with van der Waals surface area (Å²) in [6.45, 7) is 5.34. The maximum absolute atomic E-state index is 11.1. The molecule has 0 bridgehead atoms. The smallest absolute Gasteiger partial charge is 0.306 e. The number of carbonyl (C=O) groups is 2. The number of hydrogen-bond donors (Lipinski definition) is 0. The molecule has 0 amide bonds. The average Bonchev–Trinajstić information content (AvgIpc) is 2.67. The molecule has 0 unspecified atom stereocenters. The van der Waals surface area contributed by atoms with Gasteiger partial charge in [0.05, 0.1) is 27.1 Å². The first-order valence-corrected chi connectivity index (χ1v) is 6.74. The Morgan fingerprint density at radius 3 is 1.63 bits per heavy atom. The molecule has 19 heavy (non-hydrogen) atoms. The van der Waals surface area contributed by atoms with Crippen molar-refractivity contribution in [3.63, 3.8) is 0 Å². The Morgan fingerprint density at radius 2 is 1.26 bits per heavy atom. The van der Waals surface area contributed by atoms with E-state index in [1.165, 1.54) is 14.2 Å². The van der Waals surface area contributed by atoms with Crippen LogP contribution in [-0.2, 0) is 19.1 Å². The number of ether oxygens (including phenoxy) is 2. The molecule has 0 saturated carbocycles. The Hall–Kier alpha value is -1.14. The minimum Gasteiger partial charge on any atom is -0.469 e. The quantitative estimate of drug-likeness (QED) is 0.640. The van der Waals surface area contributed by atoms with E-state index in [1.54, 1.807) is 0 Å². The van der Waals surface area contributed by atoms with E-state index in [-0.39, 0.29) is 11.9 Å². The van der Waals surface area contributed by atoms with E-state index in [0.29, 0.717) is 12.8 Å². The van der Waals surface area contributed by atoms with Gasteiger partial charge in [-0.2, -0.15) is 0 Å². The van der Waals surface area contributed by atoms with Gasteiger partial charge >= 0.3 is 11.9 Å². The molecule has 0 aromatic rings. The molecule has 6 nitrogen and oxygen atoms in total. The van der Waals surface area contributed by atoms with Crippen LogP contribution in [0.1, 0.15) is 19.3 Å². The molecule has 0 N–H and O–H groups in total. The standard InChI is InChI=1S/C13H24N2O4/c1-18-12(16)4-8-14-6-3-7-15(11-10-14)9-5-13(17)19-2/h3-11H2,1-2H3. The molecule has 0 aromatic heterocycles. The third kappa shape index (κ3) is 6.54. The van der Waals surface area contributed by atoms with Crippen LogP contribution < -0.4 is 0 Å². The molecule has 110 valence electrons. The summed E-state index contributed by atoms with van der Waals surface area (Å²) in [6, 6.07) is 0. The van der Waals surface area contributed by atoms with Crippen molar-refractivity contribution in [2.75, 3.05) is 53.5 Å². The van der Waals surface area contributed by atoms with Crippen LogP contribution in [0.15, 0.2) is 0 Å². The highest BCUT2D eigenvalue weighted by molar-refractivity contribution is 5.69. The summed E-state index contributed by atoms with van der Waals surface area (Å²) < 4.78 is 9.29. The van der Waals surface area contributed by atoms with Gasteiger partial charge in [0.25, 0.3) is 0 Å². The van der Waals surface area contributed by atoms with Crippen molar-refractivity contribution in [1.82, 2.24) is 9.80 Å². The molecule has 1 aliphatic rings. The van der Waals surface area contributed by atoms with Gasteiger partial charge in [0.1, 0.15) is 0 Å². The Bertz CT molecular complexity index is 268. The summed E-state index contributed by atoms with van der Waals surface area (Å²) >= 11 is 0. The molecule has 0 aliphatic carbocycles. The zero-order valence-electron chi connectivity index (χ0n) is 11.9. The van der Waals surface area contributed by atoms with Crippen molar-refractivity contribution in [2.45, 2.75) is 19.3 Å². The second-order valence-electron chi connectivity index (χ2n) is 4.69. The largest absolute Gasteiger partial charge is 0.469 e. The van der Waals surface area contributed by atoms with E-state index in [9.17, 15) is 9.59 Å². The molecule has 0 aromatic carbocycles. The predicted octanol–water partition coefficient (Wildman–Crippen LogP) is 0.120. The third-order valence-electron chi connectivity index (χ3n) is 3.40. The second kappa shape index (κ2) is 8.87. The summed E-state index contributed by atoms with van der Waals surface area (Å²) in [7, 11) is 2.83. The summed E-state index contributed by atoms with van der Waals surface area (Å²) in [5.41, 5.74) is 0. The Balaban J connectivity index is 2.23. The minimum atomic E-state index is -0.160. The van der Waals surface area contributed by atoms with Gasteiger partial charge in [0, 0.05) is 26.2 Å². The van der Waals surface area contributed by atoms with Crippen LogP contribution in [-0.4, -0.2) is 75.2 Å². The average molecular weight is 272 g/mol. The second-order valence-corrected chi connectivity index (χ2v) is 4.69. The zero-order valence-corrected chi connectivity index (χ0v) is 11.9. The van der Waals surface area contributed by atoms with E-state index in [2.05, 4.69) is 19.3 Å². The van der Waals surface area contributed by atoms with E-state index in [4.69, 9.17) is 0 Å². The molecule has 1 heterocycles. The molecular formula is C13H24N2O4. The highest BCUT2D eigenvalue weighted by Crippen LogP contribution is 2.05. The number of nitrogens with zero attached hydrogens (tertiary/aromatic N) is 2. The first-order valence-electron chi connectivity index (χ1n) is 6.74. The van der Waals surface area contributed by atoms with Gasteiger partial charge in [-0.25, -0.2) is 0 Å². The fourth-order valence-electron chi connectivity index (χ4n) is 2.17. The van der Waals surface area contributed by atoms with E-state index < -0.39 is 0 Å². The lowest BCUT2D eigenvalue weighted by molar-refractivity contribution is -0.142. The van der Waals surface area contributed by atoms with Crippen LogP contribution >= 0.6 is 0 Å². The molecule has 1 fully saturated rings. The Morgan fingerprint density at radius 1 is 0.842 bits per heavy atom. The fourth-order valence-corrected chi connectivity index (χ4v) is 2.17. The van der Waals surface area contributed by atoms with E-state index >= 15 is 0 Å². The maximum Gasteiger partial charge on any atom is 0.306 e. The number of carbonyl (C=O) groups excluding carboxylic acids is 2.